The van der Waals surface area contributed by atoms with Crippen LogP contribution < -0.4 is 10.1 Å². The van der Waals surface area contributed by atoms with Gasteiger partial charge in [0.1, 0.15) is 5.75 Å². The summed E-state index contributed by atoms with van der Waals surface area (Å²) in [5.74, 6) is 0.905. The van der Waals surface area contributed by atoms with Gasteiger partial charge in [0.05, 0.1) is 18.4 Å². The Morgan fingerprint density at radius 1 is 1.29 bits per heavy atom. The van der Waals surface area contributed by atoms with E-state index in [0.717, 1.165) is 11.4 Å². The molecule has 0 amide bonds. The number of benzene rings is 1. The first-order chi connectivity index (χ1) is 8.08. The standard InChI is InChI=1S/C14H23NO2/c1-6-17-14-9-10(2)7-8-13(14)15-11(3)12(4)16-5/h7-9,11-12,15H,6H2,1-5H3. The minimum absolute atomic E-state index is 0.158. The van der Waals surface area contributed by atoms with E-state index in [1.54, 1.807) is 7.11 Å². The molecule has 3 nitrogen and oxygen atoms in total. The quantitative estimate of drug-likeness (QED) is 0.824. The number of methoxy groups -OCH3 is 1. The van der Waals surface area contributed by atoms with Crippen molar-refractivity contribution in [3.05, 3.63) is 23.8 Å². The molecule has 3 heteroatoms. The first-order valence-corrected chi connectivity index (χ1v) is 6.11. The summed E-state index contributed by atoms with van der Waals surface area (Å²) in [6, 6.07) is 6.42. The zero-order valence-electron chi connectivity index (χ0n) is 11.4. The van der Waals surface area contributed by atoms with E-state index in [9.17, 15) is 0 Å². The Bertz CT molecular complexity index is 352. The number of hydrogen-bond acceptors (Lipinski definition) is 3. The second-order valence-corrected chi connectivity index (χ2v) is 4.31. The largest absolute Gasteiger partial charge is 0.492 e. The van der Waals surface area contributed by atoms with Crippen LogP contribution in [0.2, 0.25) is 0 Å². The fourth-order valence-corrected chi connectivity index (χ4v) is 1.59. The van der Waals surface area contributed by atoms with Crippen LogP contribution in [0.3, 0.4) is 0 Å². The maximum absolute atomic E-state index is 5.63. The van der Waals surface area contributed by atoms with Crippen molar-refractivity contribution in [2.24, 2.45) is 0 Å². The molecule has 0 saturated heterocycles. The first kappa shape index (κ1) is 13.8. The molecule has 0 aliphatic carbocycles. The predicted molar refractivity (Wildman–Crippen MR) is 71.9 cm³/mol. The van der Waals surface area contributed by atoms with E-state index in [4.69, 9.17) is 9.47 Å². The summed E-state index contributed by atoms with van der Waals surface area (Å²) in [5.41, 5.74) is 2.22. The molecule has 0 aliphatic heterocycles. The lowest BCUT2D eigenvalue weighted by Gasteiger charge is -2.22. The molecule has 2 atom stereocenters. The lowest BCUT2D eigenvalue weighted by molar-refractivity contribution is 0.106. The van der Waals surface area contributed by atoms with Crippen molar-refractivity contribution in [1.82, 2.24) is 0 Å². The summed E-state index contributed by atoms with van der Waals surface area (Å²) in [7, 11) is 1.72. The minimum atomic E-state index is 0.158. The van der Waals surface area contributed by atoms with Gasteiger partial charge in [-0.05, 0) is 45.4 Å². The average molecular weight is 237 g/mol. The van der Waals surface area contributed by atoms with Gasteiger partial charge in [0.25, 0.3) is 0 Å². The van der Waals surface area contributed by atoms with Gasteiger partial charge in [-0.15, -0.1) is 0 Å². The smallest absolute Gasteiger partial charge is 0.142 e. The topological polar surface area (TPSA) is 30.5 Å². The van der Waals surface area contributed by atoms with Gasteiger partial charge in [0.15, 0.2) is 0 Å². The lowest BCUT2D eigenvalue weighted by Crippen LogP contribution is -2.29. The zero-order valence-corrected chi connectivity index (χ0v) is 11.4. The molecule has 0 bridgehead atoms. The van der Waals surface area contributed by atoms with Crippen molar-refractivity contribution in [3.8, 4) is 5.75 Å². The molecule has 1 aromatic carbocycles. The second kappa shape index (κ2) is 6.50. The maximum Gasteiger partial charge on any atom is 0.142 e. The van der Waals surface area contributed by atoms with E-state index >= 15 is 0 Å². The SMILES string of the molecule is CCOc1cc(C)ccc1NC(C)C(C)OC. The number of ether oxygens (including phenoxy) is 2. The second-order valence-electron chi connectivity index (χ2n) is 4.31. The van der Waals surface area contributed by atoms with Crippen molar-refractivity contribution >= 4 is 5.69 Å². The highest BCUT2D eigenvalue weighted by atomic mass is 16.5. The van der Waals surface area contributed by atoms with Gasteiger partial charge in [-0.1, -0.05) is 6.07 Å². The Balaban J connectivity index is 2.82. The van der Waals surface area contributed by atoms with E-state index in [2.05, 4.69) is 37.4 Å². The van der Waals surface area contributed by atoms with Gasteiger partial charge >= 0.3 is 0 Å². The van der Waals surface area contributed by atoms with Gasteiger partial charge in [0.2, 0.25) is 0 Å². The number of aryl methyl sites for hydroxylation is 1. The summed E-state index contributed by atoms with van der Waals surface area (Å²) < 4.78 is 10.9. The van der Waals surface area contributed by atoms with E-state index in [-0.39, 0.29) is 12.1 Å². The molecular formula is C14H23NO2. The fourth-order valence-electron chi connectivity index (χ4n) is 1.59. The molecule has 0 fully saturated rings. The molecule has 96 valence electrons. The summed E-state index contributed by atoms with van der Waals surface area (Å²) in [6.45, 7) is 8.88. The van der Waals surface area contributed by atoms with E-state index in [1.807, 2.05) is 13.8 Å². The number of rotatable bonds is 6. The molecule has 0 spiro atoms. The Morgan fingerprint density at radius 3 is 2.59 bits per heavy atom. The highest BCUT2D eigenvalue weighted by molar-refractivity contribution is 5.58. The molecule has 0 radical (unpaired) electrons. The molecule has 17 heavy (non-hydrogen) atoms. The van der Waals surface area contributed by atoms with Crippen LogP contribution in [0.1, 0.15) is 26.3 Å². The summed E-state index contributed by atoms with van der Waals surface area (Å²) >= 11 is 0. The van der Waals surface area contributed by atoms with Crippen LogP contribution in [0, 0.1) is 6.92 Å². The highest BCUT2D eigenvalue weighted by Gasteiger charge is 2.13. The fraction of sp³-hybridized carbons (Fsp3) is 0.571. The predicted octanol–water partition coefficient (Wildman–Crippen LogP) is 3.23. The molecule has 0 aliphatic rings. The van der Waals surface area contributed by atoms with Crippen LogP contribution in [0.4, 0.5) is 5.69 Å². The normalized spacial score (nSPS) is 14.2. The first-order valence-electron chi connectivity index (χ1n) is 6.11. The molecule has 0 aromatic heterocycles. The summed E-state index contributed by atoms with van der Waals surface area (Å²) in [5, 5.41) is 3.42. The van der Waals surface area contributed by atoms with Gasteiger partial charge in [-0.25, -0.2) is 0 Å². The van der Waals surface area contributed by atoms with Gasteiger partial charge in [-0.3, -0.25) is 0 Å². The minimum Gasteiger partial charge on any atom is -0.492 e. The van der Waals surface area contributed by atoms with Crippen molar-refractivity contribution in [1.29, 1.82) is 0 Å². The van der Waals surface area contributed by atoms with Crippen molar-refractivity contribution in [3.63, 3.8) is 0 Å². The van der Waals surface area contributed by atoms with Crippen LogP contribution in [0.25, 0.3) is 0 Å². The van der Waals surface area contributed by atoms with Crippen LogP contribution in [-0.2, 0) is 4.74 Å². The summed E-state index contributed by atoms with van der Waals surface area (Å²) in [4.78, 5) is 0. The summed E-state index contributed by atoms with van der Waals surface area (Å²) in [6.07, 6.45) is 0.158. The third kappa shape index (κ3) is 3.93. The highest BCUT2D eigenvalue weighted by Crippen LogP contribution is 2.26. The monoisotopic (exact) mass is 237 g/mol. The molecule has 1 N–H and O–H groups in total. The van der Waals surface area contributed by atoms with E-state index in [1.165, 1.54) is 5.56 Å². The van der Waals surface area contributed by atoms with E-state index < -0.39 is 0 Å². The van der Waals surface area contributed by atoms with Gasteiger partial charge < -0.3 is 14.8 Å². The molecule has 2 unspecified atom stereocenters. The van der Waals surface area contributed by atoms with Crippen LogP contribution in [0.5, 0.6) is 5.75 Å². The molecule has 0 saturated carbocycles. The molecule has 1 aromatic rings. The number of nitrogens with one attached hydrogen (secondary N) is 1. The van der Waals surface area contributed by atoms with Crippen LogP contribution in [0.15, 0.2) is 18.2 Å². The molecule has 1 rings (SSSR count). The van der Waals surface area contributed by atoms with Crippen LogP contribution in [-0.4, -0.2) is 25.9 Å². The third-order valence-electron chi connectivity index (χ3n) is 2.90. The van der Waals surface area contributed by atoms with Crippen LogP contribution >= 0.6 is 0 Å². The number of hydrogen-bond donors (Lipinski definition) is 1. The Kier molecular flexibility index (Phi) is 5.29. The third-order valence-corrected chi connectivity index (χ3v) is 2.90. The van der Waals surface area contributed by atoms with Crippen molar-refractivity contribution in [2.75, 3.05) is 19.0 Å². The molecular weight excluding hydrogens is 214 g/mol. The Hall–Kier alpha value is -1.22. The van der Waals surface area contributed by atoms with E-state index in [0.29, 0.717) is 6.61 Å². The maximum atomic E-state index is 5.63. The molecule has 0 heterocycles. The average Bonchev–Trinajstić information content (AvgIpc) is 2.31. The zero-order chi connectivity index (χ0) is 12.8. The number of anilines is 1. The van der Waals surface area contributed by atoms with Gasteiger partial charge in [0, 0.05) is 13.2 Å². The Morgan fingerprint density at radius 2 is 2.00 bits per heavy atom. The lowest BCUT2D eigenvalue weighted by atomic mass is 10.1. The Labute approximate surface area is 104 Å². The van der Waals surface area contributed by atoms with Crippen molar-refractivity contribution < 1.29 is 9.47 Å². The van der Waals surface area contributed by atoms with Gasteiger partial charge in [-0.2, -0.15) is 0 Å². The van der Waals surface area contributed by atoms with Crippen molar-refractivity contribution in [2.45, 2.75) is 39.8 Å².